The molecule has 0 fully saturated rings. The third kappa shape index (κ3) is 5.79. The maximum atomic E-state index is 5.61. The normalized spacial score (nSPS) is 10.8. The number of benzene rings is 1. The SMILES string of the molecule is COCCCN(CCOC)c1ccc(CCN)c(Br)c1. The molecule has 0 heterocycles. The number of rotatable bonds is 10. The molecular formula is C15H25BrN2O2. The lowest BCUT2D eigenvalue weighted by atomic mass is 10.1. The van der Waals surface area contributed by atoms with E-state index in [-0.39, 0.29) is 0 Å². The lowest BCUT2D eigenvalue weighted by Crippen LogP contribution is -2.29. The summed E-state index contributed by atoms with van der Waals surface area (Å²) in [6, 6.07) is 6.45. The Kier molecular flexibility index (Phi) is 8.85. The Hall–Kier alpha value is -0.620. The molecule has 20 heavy (non-hydrogen) atoms. The number of nitrogens with two attached hydrogens (primary N) is 1. The number of ether oxygens (including phenoxy) is 2. The lowest BCUT2D eigenvalue weighted by molar-refractivity contribution is 0.191. The van der Waals surface area contributed by atoms with Gasteiger partial charge in [0.25, 0.3) is 0 Å². The molecule has 0 amide bonds. The minimum absolute atomic E-state index is 0.666. The highest BCUT2D eigenvalue weighted by molar-refractivity contribution is 9.10. The van der Waals surface area contributed by atoms with Crippen molar-refractivity contribution in [2.24, 2.45) is 5.73 Å². The van der Waals surface area contributed by atoms with Crippen LogP contribution in [0.25, 0.3) is 0 Å². The summed E-state index contributed by atoms with van der Waals surface area (Å²) < 4.78 is 11.4. The zero-order valence-corrected chi connectivity index (χ0v) is 14.0. The number of hydrogen-bond acceptors (Lipinski definition) is 4. The highest BCUT2D eigenvalue weighted by Crippen LogP contribution is 2.24. The molecule has 0 saturated heterocycles. The zero-order chi connectivity index (χ0) is 14.8. The first kappa shape index (κ1) is 17.4. The molecule has 0 aliphatic carbocycles. The van der Waals surface area contributed by atoms with E-state index in [2.05, 4.69) is 39.0 Å². The second kappa shape index (κ2) is 10.2. The van der Waals surface area contributed by atoms with Crippen LogP contribution in [-0.2, 0) is 15.9 Å². The fraction of sp³-hybridized carbons (Fsp3) is 0.600. The van der Waals surface area contributed by atoms with Crippen molar-refractivity contribution in [3.8, 4) is 0 Å². The van der Waals surface area contributed by atoms with Gasteiger partial charge in [-0.05, 0) is 37.1 Å². The molecule has 0 aromatic heterocycles. The van der Waals surface area contributed by atoms with E-state index in [4.69, 9.17) is 15.2 Å². The molecule has 1 aromatic rings. The van der Waals surface area contributed by atoms with Gasteiger partial charge in [0.05, 0.1) is 6.61 Å². The Labute approximate surface area is 130 Å². The molecule has 0 spiro atoms. The summed E-state index contributed by atoms with van der Waals surface area (Å²) in [5.41, 5.74) is 8.06. The van der Waals surface area contributed by atoms with Crippen molar-refractivity contribution in [2.45, 2.75) is 12.8 Å². The number of methoxy groups -OCH3 is 2. The van der Waals surface area contributed by atoms with Crippen molar-refractivity contribution in [3.05, 3.63) is 28.2 Å². The van der Waals surface area contributed by atoms with E-state index in [1.165, 1.54) is 11.3 Å². The van der Waals surface area contributed by atoms with Crippen molar-refractivity contribution in [3.63, 3.8) is 0 Å². The monoisotopic (exact) mass is 344 g/mol. The minimum atomic E-state index is 0.666. The Balaban J connectivity index is 2.75. The van der Waals surface area contributed by atoms with Gasteiger partial charge in [-0.25, -0.2) is 0 Å². The van der Waals surface area contributed by atoms with E-state index in [1.54, 1.807) is 14.2 Å². The van der Waals surface area contributed by atoms with Gasteiger partial charge in [0.2, 0.25) is 0 Å². The summed E-state index contributed by atoms with van der Waals surface area (Å²) in [6.07, 6.45) is 1.89. The maximum absolute atomic E-state index is 5.61. The van der Waals surface area contributed by atoms with Gasteiger partial charge in [0, 0.05) is 44.1 Å². The van der Waals surface area contributed by atoms with Gasteiger partial charge in [-0.15, -0.1) is 0 Å². The number of anilines is 1. The van der Waals surface area contributed by atoms with E-state index in [0.717, 1.165) is 43.6 Å². The smallest absolute Gasteiger partial charge is 0.0637 e. The molecule has 0 bridgehead atoms. The summed E-state index contributed by atoms with van der Waals surface area (Å²) in [5.74, 6) is 0. The fourth-order valence-corrected chi connectivity index (χ4v) is 2.63. The molecule has 0 atom stereocenters. The van der Waals surface area contributed by atoms with Crippen LogP contribution in [0.3, 0.4) is 0 Å². The molecule has 114 valence electrons. The van der Waals surface area contributed by atoms with E-state index >= 15 is 0 Å². The first-order valence-electron chi connectivity index (χ1n) is 6.94. The molecule has 0 saturated carbocycles. The minimum Gasteiger partial charge on any atom is -0.385 e. The van der Waals surface area contributed by atoms with Gasteiger partial charge in [0.15, 0.2) is 0 Å². The Morgan fingerprint density at radius 3 is 2.50 bits per heavy atom. The van der Waals surface area contributed by atoms with Crippen LogP contribution in [0.15, 0.2) is 22.7 Å². The van der Waals surface area contributed by atoms with E-state index in [0.29, 0.717) is 6.54 Å². The van der Waals surface area contributed by atoms with Crippen LogP contribution in [-0.4, -0.2) is 47.1 Å². The van der Waals surface area contributed by atoms with Crippen molar-refractivity contribution in [1.29, 1.82) is 0 Å². The lowest BCUT2D eigenvalue weighted by Gasteiger charge is -2.25. The van der Waals surface area contributed by atoms with E-state index in [9.17, 15) is 0 Å². The summed E-state index contributed by atoms with van der Waals surface area (Å²) in [4.78, 5) is 2.32. The van der Waals surface area contributed by atoms with Gasteiger partial charge in [-0.1, -0.05) is 22.0 Å². The molecule has 1 aromatic carbocycles. The van der Waals surface area contributed by atoms with Crippen LogP contribution >= 0.6 is 15.9 Å². The second-order valence-corrected chi connectivity index (χ2v) is 5.49. The summed E-state index contributed by atoms with van der Waals surface area (Å²) >= 11 is 3.63. The van der Waals surface area contributed by atoms with E-state index in [1.807, 2.05) is 0 Å². The molecule has 0 aliphatic heterocycles. The van der Waals surface area contributed by atoms with Crippen LogP contribution in [0.1, 0.15) is 12.0 Å². The topological polar surface area (TPSA) is 47.7 Å². The van der Waals surface area contributed by atoms with Gasteiger partial charge < -0.3 is 20.1 Å². The van der Waals surface area contributed by atoms with Crippen LogP contribution in [0.2, 0.25) is 0 Å². The average Bonchev–Trinajstić information content (AvgIpc) is 2.45. The molecule has 0 unspecified atom stereocenters. The number of nitrogens with zero attached hydrogens (tertiary/aromatic N) is 1. The fourth-order valence-electron chi connectivity index (χ4n) is 2.06. The highest BCUT2D eigenvalue weighted by Gasteiger charge is 2.08. The molecule has 0 radical (unpaired) electrons. The Morgan fingerprint density at radius 2 is 1.90 bits per heavy atom. The highest BCUT2D eigenvalue weighted by atomic mass is 79.9. The maximum Gasteiger partial charge on any atom is 0.0637 e. The zero-order valence-electron chi connectivity index (χ0n) is 12.4. The average molecular weight is 345 g/mol. The molecule has 2 N–H and O–H groups in total. The quantitative estimate of drug-likeness (QED) is 0.662. The van der Waals surface area contributed by atoms with Crippen LogP contribution < -0.4 is 10.6 Å². The van der Waals surface area contributed by atoms with E-state index < -0.39 is 0 Å². The van der Waals surface area contributed by atoms with Crippen LogP contribution in [0.5, 0.6) is 0 Å². The Bertz CT molecular complexity index is 388. The van der Waals surface area contributed by atoms with Crippen molar-refractivity contribution >= 4 is 21.6 Å². The van der Waals surface area contributed by atoms with Crippen molar-refractivity contribution in [1.82, 2.24) is 0 Å². The third-order valence-corrected chi connectivity index (χ3v) is 3.90. The van der Waals surface area contributed by atoms with Crippen molar-refractivity contribution < 1.29 is 9.47 Å². The molecule has 0 aliphatic rings. The van der Waals surface area contributed by atoms with Crippen molar-refractivity contribution in [2.75, 3.05) is 52.0 Å². The first-order valence-corrected chi connectivity index (χ1v) is 7.73. The molecule has 5 heteroatoms. The summed E-state index contributed by atoms with van der Waals surface area (Å²) in [7, 11) is 3.46. The third-order valence-electron chi connectivity index (χ3n) is 3.16. The first-order chi connectivity index (χ1) is 9.72. The predicted octanol–water partition coefficient (Wildman–Crippen LogP) is 2.44. The largest absolute Gasteiger partial charge is 0.385 e. The molecule has 1 rings (SSSR count). The Morgan fingerprint density at radius 1 is 1.15 bits per heavy atom. The molecular weight excluding hydrogens is 320 g/mol. The van der Waals surface area contributed by atoms with Gasteiger partial charge in [0.1, 0.15) is 0 Å². The van der Waals surface area contributed by atoms with Gasteiger partial charge in [-0.2, -0.15) is 0 Å². The van der Waals surface area contributed by atoms with Crippen LogP contribution in [0, 0.1) is 0 Å². The summed E-state index contributed by atoms with van der Waals surface area (Å²) in [6.45, 7) is 3.99. The van der Waals surface area contributed by atoms with Crippen LogP contribution in [0.4, 0.5) is 5.69 Å². The molecule has 4 nitrogen and oxygen atoms in total. The summed E-state index contributed by atoms with van der Waals surface area (Å²) in [5, 5.41) is 0. The number of hydrogen-bond donors (Lipinski definition) is 1. The van der Waals surface area contributed by atoms with Gasteiger partial charge in [-0.3, -0.25) is 0 Å². The predicted molar refractivity (Wildman–Crippen MR) is 87.5 cm³/mol. The standard InChI is InChI=1S/C15H25BrN2O2/c1-19-10-3-8-18(9-11-20-2)14-5-4-13(6-7-17)15(16)12-14/h4-5,12H,3,6-11,17H2,1-2H3. The van der Waals surface area contributed by atoms with Gasteiger partial charge >= 0.3 is 0 Å². The number of halogens is 1. The second-order valence-electron chi connectivity index (χ2n) is 4.64.